The molecule has 2 bridgehead atoms. The lowest BCUT2D eigenvalue weighted by Crippen LogP contribution is -2.30. The van der Waals surface area contributed by atoms with Crippen LogP contribution in [0.4, 0.5) is 10.2 Å². The Labute approximate surface area is 284 Å². The molecule has 0 saturated heterocycles. The molecule has 47 heavy (non-hydrogen) atoms. The van der Waals surface area contributed by atoms with Crippen LogP contribution in [-0.4, -0.2) is 58.2 Å². The second-order valence-corrected chi connectivity index (χ2v) is 14.8. The maximum absolute atomic E-state index is 14.8. The minimum atomic E-state index is -1.72. The van der Waals surface area contributed by atoms with Crippen molar-refractivity contribution >= 4 is 41.7 Å². The van der Waals surface area contributed by atoms with Crippen molar-refractivity contribution < 1.29 is 22.7 Å². The van der Waals surface area contributed by atoms with Gasteiger partial charge in [-0.15, -0.1) is 0 Å². The minimum Gasteiger partial charge on any atom is -0.482 e. The summed E-state index contributed by atoms with van der Waals surface area (Å²) < 4.78 is 42.8. The van der Waals surface area contributed by atoms with Crippen LogP contribution < -0.4 is 10.1 Å². The molecule has 246 valence electrons. The lowest BCUT2D eigenvalue weighted by molar-refractivity contribution is 0.0350. The number of halogens is 2. The fourth-order valence-corrected chi connectivity index (χ4v) is 6.80. The Kier molecular flexibility index (Phi) is 9.90. The number of nitrogens with zero attached hydrogens (tertiary/aromatic N) is 5. The zero-order valence-corrected chi connectivity index (χ0v) is 29.8. The molecule has 4 radical (unpaired) electrons. The molecule has 0 fully saturated rings. The summed E-state index contributed by atoms with van der Waals surface area (Å²) in [5.74, 6) is 0.298. The molecule has 0 spiro atoms. The van der Waals surface area contributed by atoms with E-state index in [0.717, 1.165) is 0 Å². The summed E-state index contributed by atoms with van der Waals surface area (Å²) >= 11 is 6.80. The van der Waals surface area contributed by atoms with Crippen LogP contribution in [0.1, 0.15) is 78.2 Å². The molecular weight excluding hydrogens is 639 g/mol. The molecule has 0 unspecified atom stereocenters. The third-order valence-electron chi connectivity index (χ3n) is 7.14. The molecule has 1 aliphatic heterocycles. The number of ether oxygens (including phenoxy) is 1. The van der Waals surface area contributed by atoms with Gasteiger partial charge in [0, 0.05) is 48.2 Å². The van der Waals surface area contributed by atoms with E-state index in [0.29, 0.717) is 57.3 Å². The predicted molar refractivity (Wildman–Crippen MR) is 184 cm³/mol. The highest BCUT2D eigenvalue weighted by Gasteiger charge is 2.37. The summed E-state index contributed by atoms with van der Waals surface area (Å²) in [5, 5.41) is 11.0. The highest BCUT2D eigenvalue weighted by molar-refractivity contribution is 7.41. The first kappa shape index (κ1) is 35.4. The molecule has 4 aromatic rings. The van der Waals surface area contributed by atoms with Gasteiger partial charge in [-0.1, -0.05) is 11.6 Å². The van der Waals surface area contributed by atoms with Crippen molar-refractivity contribution in [3.05, 3.63) is 64.3 Å². The molecule has 1 N–H and O–H groups in total. The Bertz CT molecular complexity index is 1760. The number of rotatable bonds is 7. The molecule has 15 heteroatoms. The summed E-state index contributed by atoms with van der Waals surface area (Å²) in [5.41, 5.74) is 2.65. The van der Waals surface area contributed by atoms with Gasteiger partial charge < -0.3 is 19.1 Å². The van der Waals surface area contributed by atoms with Crippen LogP contribution in [0.5, 0.6) is 5.75 Å². The van der Waals surface area contributed by atoms with Crippen LogP contribution in [0.15, 0.2) is 36.7 Å². The molecule has 0 amide bonds. The Hall–Kier alpha value is -2.95. The number of pyridine rings is 1. The first-order valence-electron chi connectivity index (χ1n) is 15.3. The van der Waals surface area contributed by atoms with Gasteiger partial charge in [-0.05, 0) is 90.4 Å². The van der Waals surface area contributed by atoms with E-state index < -0.39 is 36.9 Å². The van der Waals surface area contributed by atoms with Gasteiger partial charge in [0.25, 0.3) is 0 Å². The Morgan fingerprint density at radius 2 is 1.79 bits per heavy atom. The van der Waals surface area contributed by atoms with Gasteiger partial charge in [0.15, 0.2) is 16.7 Å². The molecule has 4 heterocycles. The second kappa shape index (κ2) is 13.2. The van der Waals surface area contributed by atoms with Gasteiger partial charge in [-0.2, -0.15) is 10.2 Å². The zero-order chi connectivity index (χ0) is 34.5. The number of fused-ring (bicyclic) bond motifs is 7. The molecular formula is C32H39B2ClFN6O4P. The van der Waals surface area contributed by atoms with Gasteiger partial charge in [0.2, 0.25) is 0 Å². The van der Waals surface area contributed by atoms with Crippen molar-refractivity contribution in [2.45, 2.75) is 84.5 Å². The average Bonchev–Trinajstić information content (AvgIpc) is 3.51. The van der Waals surface area contributed by atoms with Crippen LogP contribution in [0.2, 0.25) is 5.15 Å². The first-order chi connectivity index (χ1) is 21.9. The summed E-state index contributed by atoms with van der Waals surface area (Å²) in [4.78, 5) is 4.72. The number of benzene rings is 1. The monoisotopic (exact) mass is 678 g/mol. The standard InChI is InChI=1S/C32H39B2ClFN6O4P/c1-10-42-27-19-13-24(29(37-15-19)38-17-43-47(45-30(3,4)5)46-31(6,7)8)44-18(2)22-14-20(36)11-12-21(22)26-23(16-41(9)39-26)32(33,34)25(27)28(35)40-42/h11-16,18H,10,17H2,1-9H3,(H,37,38)/t18-/m1/s1. The lowest BCUT2D eigenvalue weighted by atomic mass is 9.47. The van der Waals surface area contributed by atoms with E-state index in [1.54, 1.807) is 40.9 Å². The van der Waals surface area contributed by atoms with Crippen molar-refractivity contribution in [1.82, 2.24) is 24.5 Å². The highest BCUT2D eigenvalue weighted by Crippen LogP contribution is 2.48. The number of aromatic nitrogens is 5. The fraction of sp³-hybridized carbons (Fsp3) is 0.469. The maximum atomic E-state index is 14.8. The molecule has 0 saturated carbocycles. The van der Waals surface area contributed by atoms with Crippen LogP contribution in [-0.2, 0) is 32.4 Å². The van der Waals surface area contributed by atoms with Crippen molar-refractivity contribution in [3.8, 4) is 28.3 Å². The largest absolute Gasteiger partial charge is 0.482 e. The van der Waals surface area contributed by atoms with Gasteiger partial charge in [-0.3, -0.25) is 13.9 Å². The number of hydrogen-bond donors (Lipinski definition) is 1. The topological polar surface area (TPSA) is 97.5 Å². The molecule has 1 aromatic carbocycles. The SMILES string of the molecule is [B]C1([B])c2cn(C)nc2-c2ccc(F)cc2[C@@H](C)Oc2cc(cnc2NCOP(OC(C)(C)C)OC(C)(C)C)-c2c1c(Cl)nn2CC. The van der Waals surface area contributed by atoms with Crippen molar-refractivity contribution in [2.75, 3.05) is 12.0 Å². The van der Waals surface area contributed by atoms with E-state index in [1.165, 1.54) is 12.1 Å². The summed E-state index contributed by atoms with van der Waals surface area (Å²) in [6.45, 7) is 15.8. The molecule has 10 nitrogen and oxygen atoms in total. The second-order valence-electron chi connectivity index (χ2n) is 13.4. The van der Waals surface area contributed by atoms with E-state index >= 15 is 0 Å². The summed E-state index contributed by atoms with van der Waals surface area (Å²) in [6, 6.07) is 6.23. The zero-order valence-electron chi connectivity index (χ0n) is 28.2. The minimum absolute atomic E-state index is 0.00383. The van der Waals surface area contributed by atoms with Crippen LogP contribution in [0.3, 0.4) is 0 Å². The third-order valence-corrected chi connectivity index (χ3v) is 9.14. The normalized spacial score (nSPS) is 16.0. The molecule has 1 atom stereocenters. The first-order valence-corrected chi connectivity index (χ1v) is 16.8. The van der Waals surface area contributed by atoms with E-state index in [1.807, 2.05) is 55.4 Å². The smallest absolute Gasteiger partial charge is 0.335 e. The lowest BCUT2D eigenvalue weighted by Gasteiger charge is -2.30. The third kappa shape index (κ3) is 7.70. The van der Waals surface area contributed by atoms with E-state index in [4.69, 9.17) is 55.7 Å². The average molecular weight is 679 g/mol. The van der Waals surface area contributed by atoms with Gasteiger partial charge in [0.05, 0.1) is 38.3 Å². The number of aryl methyl sites for hydroxylation is 2. The maximum Gasteiger partial charge on any atom is 0.335 e. The molecule has 3 aromatic heterocycles. The Balaban J connectivity index is 1.64. The number of anilines is 1. The van der Waals surface area contributed by atoms with E-state index in [2.05, 4.69) is 10.4 Å². The molecule has 0 aliphatic carbocycles. The van der Waals surface area contributed by atoms with E-state index in [-0.39, 0.29) is 11.9 Å². The van der Waals surface area contributed by atoms with Crippen molar-refractivity contribution in [3.63, 3.8) is 0 Å². The van der Waals surface area contributed by atoms with Gasteiger partial charge >= 0.3 is 8.60 Å². The van der Waals surface area contributed by atoms with Crippen molar-refractivity contribution in [1.29, 1.82) is 0 Å². The van der Waals surface area contributed by atoms with E-state index in [9.17, 15) is 4.39 Å². The fourth-order valence-electron chi connectivity index (χ4n) is 5.25. The highest BCUT2D eigenvalue weighted by atomic mass is 35.5. The van der Waals surface area contributed by atoms with Gasteiger partial charge in [-0.25, -0.2) is 9.37 Å². The molecule has 5 rings (SSSR count). The Morgan fingerprint density at radius 1 is 1.11 bits per heavy atom. The van der Waals surface area contributed by atoms with Gasteiger partial charge in [0.1, 0.15) is 18.7 Å². The summed E-state index contributed by atoms with van der Waals surface area (Å²) in [7, 11) is 14.1. The Morgan fingerprint density at radius 3 is 2.43 bits per heavy atom. The summed E-state index contributed by atoms with van der Waals surface area (Å²) in [6.07, 6.45) is 2.73. The quantitative estimate of drug-likeness (QED) is 0.123. The van der Waals surface area contributed by atoms with Crippen molar-refractivity contribution in [2.24, 2.45) is 7.05 Å². The number of nitrogens with one attached hydrogen (secondary N) is 1. The van der Waals surface area contributed by atoms with Crippen LogP contribution in [0, 0.1) is 5.82 Å². The molecule has 1 aliphatic rings. The van der Waals surface area contributed by atoms with Crippen LogP contribution >= 0.6 is 20.2 Å². The van der Waals surface area contributed by atoms with Crippen LogP contribution in [0.25, 0.3) is 22.5 Å². The predicted octanol–water partition coefficient (Wildman–Crippen LogP) is 7.39. The number of hydrogen-bond acceptors (Lipinski definition) is 8.